The summed E-state index contributed by atoms with van der Waals surface area (Å²) < 4.78 is 5.68. The van der Waals surface area contributed by atoms with Crippen LogP contribution >= 0.6 is 0 Å². The molecule has 2 N–H and O–H groups in total. The molecule has 1 aliphatic carbocycles. The van der Waals surface area contributed by atoms with E-state index in [1.807, 2.05) is 12.1 Å². The molecule has 0 unspecified atom stereocenters. The normalized spacial score (nSPS) is 14.2. The molecule has 30 heavy (non-hydrogen) atoms. The Hall–Kier alpha value is -2.82. The summed E-state index contributed by atoms with van der Waals surface area (Å²) in [7, 11) is 0. The highest BCUT2D eigenvalue weighted by molar-refractivity contribution is 6.04. The Morgan fingerprint density at radius 2 is 1.50 bits per heavy atom. The van der Waals surface area contributed by atoms with E-state index < -0.39 is 0 Å². The Labute approximate surface area is 179 Å². The molecule has 0 atom stereocenters. The second kappa shape index (κ2) is 11.4. The van der Waals surface area contributed by atoms with Crippen molar-refractivity contribution in [2.75, 3.05) is 11.9 Å². The molecule has 0 spiro atoms. The first kappa shape index (κ1) is 21.9. The average molecular weight is 409 g/mol. The molecule has 0 radical (unpaired) electrons. The van der Waals surface area contributed by atoms with Gasteiger partial charge in [-0.1, -0.05) is 39.0 Å². The van der Waals surface area contributed by atoms with Crippen molar-refractivity contribution in [2.24, 2.45) is 0 Å². The highest BCUT2D eigenvalue weighted by atomic mass is 16.5. The zero-order chi connectivity index (χ0) is 21.2. The fourth-order valence-electron chi connectivity index (χ4n) is 3.67. The van der Waals surface area contributed by atoms with E-state index in [0.29, 0.717) is 23.4 Å². The van der Waals surface area contributed by atoms with Crippen molar-refractivity contribution >= 4 is 17.5 Å². The SMILES string of the molecule is CCCCCOc1ccc(C(=O)Nc2ccc(C(=O)NC3CCCCC3)cc2)cc1. The minimum absolute atomic E-state index is 0.0469. The molecule has 0 aromatic heterocycles. The lowest BCUT2D eigenvalue weighted by Crippen LogP contribution is -2.36. The summed E-state index contributed by atoms with van der Waals surface area (Å²) >= 11 is 0. The van der Waals surface area contributed by atoms with Crippen LogP contribution in [0.25, 0.3) is 0 Å². The summed E-state index contributed by atoms with van der Waals surface area (Å²) in [6.07, 6.45) is 9.09. The predicted octanol–water partition coefficient (Wildman–Crippen LogP) is 5.57. The van der Waals surface area contributed by atoms with Crippen LogP contribution < -0.4 is 15.4 Å². The molecule has 1 saturated carbocycles. The van der Waals surface area contributed by atoms with E-state index in [0.717, 1.165) is 37.9 Å². The highest BCUT2D eigenvalue weighted by Crippen LogP contribution is 2.19. The Balaban J connectivity index is 1.49. The van der Waals surface area contributed by atoms with E-state index in [-0.39, 0.29) is 17.9 Å². The van der Waals surface area contributed by atoms with Gasteiger partial charge >= 0.3 is 0 Å². The Morgan fingerprint density at radius 3 is 2.17 bits per heavy atom. The largest absolute Gasteiger partial charge is 0.494 e. The van der Waals surface area contributed by atoms with E-state index in [1.54, 1.807) is 36.4 Å². The summed E-state index contributed by atoms with van der Waals surface area (Å²) in [5.74, 6) is 0.539. The molecule has 0 bridgehead atoms. The van der Waals surface area contributed by atoms with Crippen LogP contribution in [0, 0.1) is 0 Å². The van der Waals surface area contributed by atoms with Crippen LogP contribution in [0.4, 0.5) is 5.69 Å². The van der Waals surface area contributed by atoms with Gasteiger partial charge in [-0.05, 0) is 67.8 Å². The maximum absolute atomic E-state index is 12.5. The van der Waals surface area contributed by atoms with Crippen molar-refractivity contribution in [3.63, 3.8) is 0 Å². The monoisotopic (exact) mass is 408 g/mol. The molecule has 1 fully saturated rings. The summed E-state index contributed by atoms with van der Waals surface area (Å²) in [4.78, 5) is 24.9. The fraction of sp³-hybridized carbons (Fsp3) is 0.440. The molecule has 0 aliphatic heterocycles. The molecule has 5 nitrogen and oxygen atoms in total. The summed E-state index contributed by atoms with van der Waals surface area (Å²) in [6, 6.07) is 14.5. The molecule has 2 aromatic rings. The van der Waals surface area contributed by atoms with Gasteiger partial charge in [-0.15, -0.1) is 0 Å². The van der Waals surface area contributed by atoms with Gasteiger partial charge in [0.2, 0.25) is 0 Å². The molecule has 160 valence electrons. The third-order valence-electron chi connectivity index (χ3n) is 5.48. The van der Waals surface area contributed by atoms with Crippen LogP contribution in [0.3, 0.4) is 0 Å². The van der Waals surface area contributed by atoms with Crippen LogP contribution in [-0.2, 0) is 0 Å². The van der Waals surface area contributed by atoms with Crippen molar-refractivity contribution < 1.29 is 14.3 Å². The minimum atomic E-state index is -0.188. The predicted molar refractivity (Wildman–Crippen MR) is 120 cm³/mol. The number of nitrogens with one attached hydrogen (secondary N) is 2. The third-order valence-corrected chi connectivity index (χ3v) is 5.48. The van der Waals surface area contributed by atoms with Crippen molar-refractivity contribution in [3.8, 4) is 5.75 Å². The number of ether oxygens (including phenoxy) is 1. The number of hydrogen-bond donors (Lipinski definition) is 2. The number of amides is 2. The van der Waals surface area contributed by atoms with E-state index in [1.165, 1.54) is 19.3 Å². The number of carbonyl (C=O) groups excluding carboxylic acids is 2. The van der Waals surface area contributed by atoms with Gasteiger partial charge in [-0.2, -0.15) is 0 Å². The second-order valence-electron chi connectivity index (χ2n) is 7.92. The number of hydrogen-bond acceptors (Lipinski definition) is 3. The van der Waals surface area contributed by atoms with Crippen molar-refractivity contribution in [3.05, 3.63) is 59.7 Å². The summed E-state index contributed by atoms with van der Waals surface area (Å²) in [6.45, 7) is 2.85. The van der Waals surface area contributed by atoms with Crippen LogP contribution in [0.15, 0.2) is 48.5 Å². The number of carbonyl (C=O) groups is 2. The van der Waals surface area contributed by atoms with E-state index in [4.69, 9.17) is 4.74 Å². The average Bonchev–Trinajstić information content (AvgIpc) is 2.78. The molecule has 2 amide bonds. The first-order valence-corrected chi connectivity index (χ1v) is 11.1. The van der Waals surface area contributed by atoms with Gasteiger partial charge in [0.15, 0.2) is 0 Å². The van der Waals surface area contributed by atoms with Crippen LogP contribution in [0.5, 0.6) is 5.75 Å². The van der Waals surface area contributed by atoms with Gasteiger partial charge in [0.05, 0.1) is 6.61 Å². The number of anilines is 1. The van der Waals surface area contributed by atoms with Gasteiger partial charge in [0.25, 0.3) is 11.8 Å². The standard InChI is InChI=1S/C25H32N2O3/c1-2-3-7-18-30-23-16-12-20(13-17-23)25(29)27-22-14-10-19(11-15-22)24(28)26-21-8-5-4-6-9-21/h10-17,21H,2-9,18H2,1H3,(H,26,28)(H,27,29). The Kier molecular flexibility index (Phi) is 8.30. The molecule has 3 rings (SSSR count). The third kappa shape index (κ3) is 6.61. The Morgan fingerprint density at radius 1 is 0.867 bits per heavy atom. The van der Waals surface area contributed by atoms with Gasteiger partial charge in [-0.3, -0.25) is 9.59 Å². The van der Waals surface area contributed by atoms with Gasteiger partial charge in [-0.25, -0.2) is 0 Å². The van der Waals surface area contributed by atoms with Gasteiger partial charge < -0.3 is 15.4 Å². The lowest BCUT2D eigenvalue weighted by molar-refractivity contribution is 0.0927. The molecule has 5 heteroatoms. The van der Waals surface area contributed by atoms with Gasteiger partial charge in [0.1, 0.15) is 5.75 Å². The maximum Gasteiger partial charge on any atom is 0.255 e. The highest BCUT2D eigenvalue weighted by Gasteiger charge is 2.16. The molecular weight excluding hydrogens is 376 g/mol. The topological polar surface area (TPSA) is 67.4 Å². The zero-order valence-electron chi connectivity index (χ0n) is 17.8. The number of unbranched alkanes of at least 4 members (excludes halogenated alkanes) is 2. The maximum atomic E-state index is 12.5. The van der Waals surface area contributed by atoms with Crippen LogP contribution in [0.1, 0.15) is 79.0 Å². The van der Waals surface area contributed by atoms with Crippen molar-refractivity contribution in [2.45, 2.75) is 64.3 Å². The summed E-state index contributed by atoms with van der Waals surface area (Å²) in [5, 5.41) is 5.98. The van der Waals surface area contributed by atoms with E-state index >= 15 is 0 Å². The first-order chi connectivity index (χ1) is 14.7. The quantitative estimate of drug-likeness (QED) is 0.533. The Bertz CT molecular complexity index is 809. The number of rotatable bonds is 9. The second-order valence-corrected chi connectivity index (χ2v) is 7.92. The lowest BCUT2D eigenvalue weighted by atomic mass is 9.95. The van der Waals surface area contributed by atoms with E-state index in [9.17, 15) is 9.59 Å². The minimum Gasteiger partial charge on any atom is -0.494 e. The van der Waals surface area contributed by atoms with Gasteiger partial charge in [0, 0.05) is 22.9 Å². The van der Waals surface area contributed by atoms with E-state index in [2.05, 4.69) is 17.6 Å². The van der Waals surface area contributed by atoms with Crippen LogP contribution in [-0.4, -0.2) is 24.5 Å². The first-order valence-electron chi connectivity index (χ1n) is 11.1. The fourth-order valence-corrected chi connectivity index (χ4v) is 3.67. The summed E-state index contributed by atoms with van der Waals surface area (Å²) in [5.41, 5.74) is 1.84. The van der Waals surface area contributed by atoms with Crippen molar-refractivity contribution in [1.82, 2.24) is 5.32 Å². The smallest absolute Gasteiger partial charge is 0.255 e. The molecule has 0 heterocycles. The van der Waals surface area contributed by atoms with Crippen molar-refractivity contribution in [1.29, 1.82) is 0 Å². The molecule has 2 aromatic carbocycles. The molecule has 0 saturated heterocycles. The lowest BCUT2D eigenvalue weighted by Gasteiger charge is -2.22. The number of benzene rings is 2. The van der Waals surface area contributed by atoms with Crippen LogP contribution in [0.2, 0.25) is 0 Å². The molecule has 1 aliphatic rings. The zero-order valence-corrected chi connectivity index (χ0v) is 17.8. The molecular formula is C25H32N2O3.